The van der Waals surface area contributed by atoms with Crippen LogP contribution in [0.1, 0.15) is 0 Å². The van der Waals surface area contributed by atoms with E-state index in [1.165, 1.54) is 72.0 Å². The van der Waals surface area contributed by atoms with E-state index in [2.05, 4.69) is 240 Å². The van der Waals surface area contributed by atoms with E-state index in [1.54, 1.807) is 0 Å². The van der Waals surface area contributed by atoms with Crippen LogP contribution >= 0.6 is 0 Å². The number of hydrogen-bond donors (Lipinski definition) is 0. The van der Waals surface area contributed by atoms with Crippen molar-refractivity contribution >= 4 is 38.9 Å². The lowest BCUT2D eigenvalue weighted by Crippen LogP contribution is -2.11. The smallest absolute Gasteiger partial charge is 0.0541 e. The summed E-state index contributed by atoms with van der Waals surface area (Å²) in [6, 6.07) is 82.9. The van der Waals surface area contributed by atoms with Crippen molar-refractivity contribution in [3.05, 3.63) is 231 Å². The number of para-hydroxylation sites is 4. The molecule has 0 aliphatic heterocycles. The topological polar surface area (TPSA) is 8.17 Å². The molecule has 1 aromatic heterocycles. The van der Waals surface area contributed by atoms with Crippen molar-refractivity contribution in [2.24, 2.45) is 0 Å². The van der Waals surface area contributed by atoms with Gasteiger partial charge in [-0.3, -0.25) is 0 Å². The van der Waals surface area contributed by atoms with Gasteiger partial charge < -0.3 is 9.47 Å². The summed E-state index contributed by atoms with van der Waals surface area (Å²) < 4.78 is 2.41. The molecule has 0 aliphatic carbocycles. The van der Waals surface area contributed by atoms with Crippen LogP contribution < -0.4 is 4.90 Å². The zero-order chi connectivity index (χ0) is 37.3. The number of nitrogens with zero attached hydrogens (tertiary/aromatic N) is 2. The molecule has 0 atom stereocenters. The van der Waals surface area contributed by atoms with Gasteiger partial charge in [-0.2, -0.15) is 0 Å². The minimum Gasteiger partial charge on any atom is -0.310 e. The van der Waals surface area contributed by atoms with Crippen LogP contribution in [0.2, 0.25) is 0 Å². The molecule has 1 heterocycles. The highest BCUT2D eigenvalue weighted by Crippen LogP contribution is 2.42. The molecule has 56 heavy (non-hydrogen) atoms. The normalized spacial score (nSPS) is 11.2. The van der Waals surface area contributed by atoms with Crippen molar-refractivity contribution in [1.82, 2.24) is 4.57 Å². The van der Waals surface area contributed by atoms with Crippen molar-refractivity contribution in [2.75, 3.05) is 4.90 Å². The first-order valence-electron chi connectivity index (χ1n) is 19.2. The molecule has 2 nitrogen and oxygen atoms in total. The van der Waals surface area contributed by atoms with Crippen LogP contribution in [-0.4, -0.2) is 4.57 Å². The maximum absolute atomic E-state index is 2.41. The van der Waals surface area contributed by atoms with Crippen LogP contribution in [0, 0.1) is 0 Å². The standard InChI is InChI=1S/C54H38N2/c1-3-15-39(16-4-1)41-31-35-45(36-32-41)55(51-23-11-7-19-47(51)43-17-5-2-6-18-43)46-37-33-42(34-38-46)40-27-29-44(30-28-40)48-20-8-12-24-52(48)56-53-25-13-9-21-49(53)50-22-10-14-26-54(50)56/h1-38H. The van der Waals surface area contributed by atoms with E-state index < -0.39 is 0 Å². The second-order valence-corrected chi connectivity index (χ2v) is 14.1. The van der Waals surface area contributed by atoms with Crippen molar-refractivity contribution in [3.63, 3.8) is 0 Å². The summed E-state index contributed by atoms with van der Waals surface area (Å²) in [4.78, 5) is 2.37. The third-order valence-electron chi connectivity index (χ3n) is 10.8. The van der Waals surface area contributed by atoms with Gasteiger partial charge in [0.05, 0.1) is 22.4 Å². The van der Waals surface area contributed by atoms with E-state index in [0.717, 1.165) is 17.1 Å². The zero-order valence-corrected chi connectivity index (χ0v) is 30.8. The highest BCUT2D eigenvalue weighted by molar-refractivity contribution is 6.09. The van der Waals surface area contributed by atoms with Crippen molar-refractivity contribution in [1.29, 1.82) is 0 Å². The number of aromatic nitrogens is 1. The zero-order valence-electron chi connectivity index (χ0n) is 30.8. The van der Waals surface area contributed by atoms with Gasteiger partial charge in [0, 0.05) is 33.3 Å². The van der Waals surface area contributed by atoms with Gasteiger partial charge in [0.25, 0.3) is 0 Å². The van der Waals surface area contributed by atoms with Gasteiger partial charge in [-0.1, -0.05) is 182 Å². The van der Waals surface area contributed by atoms with Gasteiger partial charge in [0.2, 0.25) is 0 Å². The molecule has 0 unspecified atom stereocenters. The Hall–Kier alpha value is -7.42. The Balaban J connectivity index is 1.01. The summed E-state index contributed by atoms with van der Waals surface area (Å²) in [6.07, 6.45) is 0. The van der Waals surface area contributed by atoms with E-state index >= 15 is 0 Å². The predicted molar refractivity (Wildman–Crippen MR) is 237 cm³/mol. The van der Waals surface area contributed by atoms with Crippen molar-refractivity contribution in [3.8, 4) is 50.2 Å². The van der Waals surface area contributed by atoms with Crippen LogP contribution in [-0.2, 0) is 0 Å². The molecule has 2 heteroatoms. The van der Waals surface area contributed by atoms with Gasteiger partial charge in [0.1, 0.15) is 0 Å². The number of benzene rings is 9. The summed E-state index contributed by atoms with van der Waals surface area (Å²) in [6.45, 7) is 0. The van der Waals surface area contributed by atoms with Gasteiger partial charge in [0.15, 0.2) is 0 Å². The maximum atomic E-state index is 2.41. The lowest BCUT2D eigenvalue weighted by Gasteiger charge is -2.28. The molecule has 264 valence electrons. The molecule has 0 fully saturated rings. The Bertz CT molecular complexity index is 2870. The second kappa shape index (κ2) is 14.4. The number of fused-ring (bicyclic) bond motifs is 3. The number of rotatable bonds is 8. The Labute approximate surface area is 327 Å². The summed E-state index contributed by atoms with van der Waals surface area (Å²) >= 11 is 0. The maximum Gasteiger partial charge on any atom is 0.0541 e. The van der Waals surface area contributed by atoms with Crippen LogP contribution in [0.15, 0.2) is 231 Å². The van der Waals surface area contributed by atoms with Gasteiger partial charge >= 0.3 is 0 Å². The molecule has 0 spiro atoms. The minimum atomic E-state index is 1.10. The third-order valence-corrected chi connectivity index (χ3v) is 10.8. The number of anilines is 3. The van der Waals surface area contributed by atoms with Crippen LogP contribution in [0.5, 0.6) is 0 Å². The molecule has 0 aliphatic rings. The third kappa shape index (κ3) is 6.04. The summed E-state index contributed by atoms with van der Waals surface area (Å²) in [5.74, 6) is 0. The lowest BCUT2D eigenvalue weighted by molar-refractivity contribution is 1.18. The Kier molecular flexibility index (Phi) is 8.55. The lowest BCUT2D eigenvalue weighted by atomic mass is 9.98. The average Bonchev–Trinajstić information content (AvgIpc) is 3.62. The fourth-order valence-electron chi connectivity index (χ4n) is 8.13. The van der Waals surface area contributed by atoms with Crippen molar-refractivity contribution < 1.29 is 0 Å². The molecule has 10 rings (SSSR count). The largest absolute Gasteiger partial charge is 0.310 e. The molecule has 9 aromatic carbocycles. The highest BCUT2D eigenvalue weighted by Gasteiger charge is 2.18. The van der Waals surface area contributed by atoms with E-state index in [1.807, 2.05) is 0 Å². The first-order valence-corrected chi connectivity index (χ1v) is 19.2. The first-order chi connectivity index (χ1) is 27.8. The molecular weight excluding hydrogens is 677 g/mol. The van der Waals surface area contributed by atoms with E-state index in [0.29, 0.717) is 0 Å². The average molecular weight is 715 g/mol. The fourth-order valence-corrected chi connectivity index (χ4v) is 8.13. The molecule has 0 saturated heterocycles. The van der Waals surface area contributed by atoms with Crippen molar-refractivity contribution in [2.45, 2.75) is 0 Å². The quantitative estimate of drug-likeness (QED) is 0.152. The van der Waals surface area contributed by atoms with Crippen LogP contribution in [0.4, 0.5) is 17.1 Å². The van der Waals surface area contributed by atoms with Crippen LogP contribution in [0.3, 0.4) is 0 Å². The highest BCUT2D eigenvalue weighted by atomic mass is 15.1. The van der Waals surface area contributed by atoms with Gasteiger partial charge in [-0.25, -0.2) is 0 Å². The summed E-state index contributed by atoms with van der Waals surface area (Å²) in [7, 11) is 0. The summed E-state index contributed by atoms with van der Waals surface area (Å²) in [5, 5.41) is 2.53. The minimum absolute atomic E-state index is 1.10. The van der Waals surface area contributed by atoms with E-state index in [9.17, 15) is 0 Å². The fraction of sp³-hybridized carbons (Fsp3) is 0. The Morgan fingerprint density at radius 2 is 0.643 bits per heavy atom. The predicted octanol–water partition coefficient (Wildman–Crippen LogP) is 14.9. The second-order valence-electron chi connectivity index (χ2n) is 14.1. The van der Waals surface area contributed by atoms with Gasteiger partial charge in [-0.05, 0) is 81.9 Å². The molecule has 0 N–H and O–H groups in total. The van der Waals surface area contributed by atoms with E-state index in [4.69, 9.17) is 0 Å². The molecular formula is C54H38N2. The van der Waals surface area contributed by atoms with E-state index in [-0.39, 0.29) is 0 Å². The Morgan fingerprint density at radius 3 is 1.21 bits per heavy atom. The number of hydrogen-bond acceptors (Lipinski definition) is 1. The van der Waals surface area contributed by atoms with Gasteiger partial charge in [-0.15, -0.1) is 0 Å². The monoisotopic (exact) mass is 714 g/mol. The summed E-state index contributed by atoms with van der Waals surface area (Å²) in [5.41, 5.74) is 16.4. The molecule has 0 amide bonds. The molecule has 0 saturated carbocycles. The first kappa shape index (κ1) is 33.2. The van der Waals surface area contributed by atoms with Crippen LogP contribution in [0.25, 0.3) is 72.0 Å². The Morgan fingerprint density at radius 1 is 0.268 bits per heavy atom. The molecule has 0 bridgehead atoms. The SMILES string of the molecule is c1ccc(-c2ccc(N(c3ccc(-c4ccc(-c5ccccc5-n5c6ccccc6c6ccccc65)cc4)cc3)c3ccccc3-c3ccccc3)cc2)cc1. The molecule has 10 aromatic rings. The molecule has 0 radical (unpaired) electrons.